The summed E-state index contributed by atoms with van der Waals surface area (Å²) in [7, 11) is 1.79. The Hall–Kier alpha value is -1.35. The Bertz CT molecular complexity index is 600. The van der Waals surface area contributed by atoms with Gasteiger partial charge in [-0.3, -0.25) is 14.7 Å². The van der Waals surface area contributed by atoms with E-state index in [9.17, 15) is 4.79 Å². The fraction of sp³-hybridized carbons (Fsp3) is 0.619. The predicted molar refractivity (Wildman–Crippen MR) is 128 cm³/mol. The lowest BCUT2D eigenvalue weighted by atomic mass is 9.98. The molecule has 3 N–H and O–H groups in total. The molecule has 0 radical (unpaired) electrons. The number of halogens is 1. The summed E-state index contributed by atoms with van der Waals surface area (Å²) in [6.07, 6.45) is 4.79. The fourth-order valence-electron chi connectivity index (χ4n) is 3.32. The molecule has 7 heteroatoms. The van der Waals surface area contributed by atoms with Gasteiger partial charge in [0.25, 0.3) is 5.91 Å². The normalized spacial score (nSPS) is 15.5. The molecule has 0 unspecified atom stereocenters. The van der Waals surface area contributed by atoms with Gasteiger partial charge in [0.05, 0.1) is 0 Å². The molecule has 28 heavy (non-hydrogen) atoms. The Balaban J connectivity index is 0.00000392. The van der Waals surface area contributed by atoms with Crippen molar-refractivity contribution in [2.24, 2.45) is 4.99 Å². The molecule has 2 rings (SSSR count). The van der Waals surface area contributed by atoms with Crippen LogP contribution in [0.3, 0.4) is 0 Å². The number of rotatable bonds is 8. The third-order valence-corrected chi connectivity index (χ3v) is 5.09. The van der Waals surface area contributed by atoms with Crippen LogP contribution in [0, 0.1) is 0 Å². The van der Waals surface area contributed by atoms with Gasteiger partial charge >= 0.3 is 0 Å². The number of nitrogens with one attached hydrogen (secondary N) is 3. The monoisotopic (exact) mass is 501 g/mol. The molecular formula is C21H36IN5O. The minimum atomic E-state index is -0.0265. The third-order valence-electron chi connectivity index (χ3n) is 5.09. The standard InChI is InChI=1S/C21H35N5O.HI/c1-21(2,26-15-8-5-9-16-26)17-25-20(22-3)24-14-10-13-23-19(27)18-11-6-4-7-12-18;/h4,6-7,11-12H,5,8-10,13-17H2,1-3H3,(H,23,27)(H2,22,24,25);1H. The molecule has 1 fully saturated rings. The van der Waals surface area contributed by atoms with Crippen LogP contribution in [0.5, 0.6) is 0 Å². The van der Waals surface area contributed by atoms with Crippen LogP contribution in [0.2, 0.25) is 0 Å². The van der Waals surface area contributed by atoms with Gasteiger partial charge < -0.3 is 16.0 Å². The zero-order valence-corrected chi connectivity index (χ0v) is 19.8. The molecule has 0 saturated carbocycles. The smallest absolute Gasteiger partial charge is 0.251 e. The highest BCUT2D eigenvalue weighted by Crippen LogP contribution is 2.19. The molecule has 1 saturated heterocycles. The van der Waals surface area contributed by atoms with Crippen molar-refractivity contribution in [1.82, 2.24) is 20.9 Å². The summed E-state index contributed by atoms with van der Waals surface area (Å²) in [5.41, 5.74) is 0.810. The van der Waals surface area contributed by atoms with E-state index in [0.29, 0.717) is 12.1 Å². The fourth-order valence-corrected chi connectivity index (χ4v) is 3.32. The minimum absolute atomic E-state index is 0. The molecule has 0 bridgehead atoms. The second kappa shape index (κ2) is 13.0. The number of hydrogen-bond donors (Lipinski definition) is 3. The lowest BCUT2D eigenvalue weighted by Crippen LogP contribution is -2.55. The van der Waals surface area contributed by atoms with Crippen LogP contribution in [0.4, 0.5) is 0 Å². The van der Waals surface area contributed by atoms with Crippen LogP contribution in [-0.4, -0.2) is 62.1 Å². The SMILES string of the molecule is CN=C(NCCCNC(=O)c1ccccc1)NCC(C)(C)N1CCCCC1.I. The molecular weight excluding hydrogens is 465 g/mol. The van der Waals surface area contributed by atoms with E-state index in [-0.39, 0.29) is 35.4 Å². The van der Waals surface area contributed by atoms with Gasteiger partial charge in [-0.2, -0.15) is 0 Å². The number of guanidine groups is 1. The Morgan fingerprint density at radius 1 is 1.04 bits per heavy atom. The van der Waals surface area contributed by atoms with Crippen LogP contribution < -0.4 is 16.0 Å². The topological polar surface area (TPSA) is 68.8 Å². The lowest BCUT2D eigenvalue weighted by molar-refractivity contribution is 0.0953. The zero-order valence-electron chi connectivity index (χ0n) is 17.5. The number of likely N-dealkylation sites (tertiary alicyclic amines) is 1. The van der Waals surface area contributed by atoms with E-state index in [1.165, 1.54) is 32.4 Å². The van der Waals surface area contributed by atoms with Gasteiger partial charge in [-0.15, -0.1) is 24.0 Å². The number of carbonyl (C=O) groups excluding carboxylic acids is 1. The minimum Gasteiger partial charge on any atom is -0.356 e. The molecule has 1 heterocycles. The summed E-state index contributed by atoms with van der Waals surface area (Å²) in [4.78, 5) is 18.9. The average molecular weight is 501 g/mol. The van der Waals surface area contributed by atoms with Crippen LogP contribution in [-0.2, 0) is 0 Å². The van der Waals surface area contributed by atoms with E-state index in [2.05, 4.69) is 39.7 Å². The van der Waals surface area contributed by atoms with E-state index in [1.807, 2.05) is 30.3 Å². The molecule has 0 aliphatic carbocycles. The maximum absolute atomic E-state index is 12.0. The van der Waals surface area contributed by atoms with Crippen molar-refractivity contribution in [3.8, 4) is 0 Å². The summed E-state index contributed by atoms with van der Waals surface area (Å²) in [5.74, 6) is 0.788. The van der Waals surface area contributed by atoms with E-state index >= 15 is 0 Å². The summed E-state index contributed by atoms with van der Waals surface area (Å²) < 4.78 is 0. The number of benzene rings is 1. The number of carbonyl (C=O) groups is 1. The highest BCUT2D eigenvalue weighted by molar-refractivity contribution is 14.0. The van der Waals surface area contributed by atoms with Crippen molar-refractivity contribution < 1.29 is 4.79 Å². The third kappa shape index (κ3) is 8.34. The van der Waals surface area contributed by atoms with Crippen LogP contribution in [0.1, 0.15) is 49.9 Å². The van der Waals surface area contributed by atoms with Crippen molar-refractivity contribution in [3.05, 3.63) is 35.9 Å². The summed E-state index contributed by atoms with van der Waals surface area (Å²) in [5, 5.41) is 9.71. The van der Waals surface area contributed by atoms with Gasteiger partial charge in [-0.05, 0) is 58.3 Å². The van der Waals surface area contributed by atoms with Crippen molar-refractivity contribution >= 4 is 35.8 Å². The molecule has 158 valence electrons. The van der Waals surface area contributed by atoms with Crippen LogP contribution in [0.25, 0.3) is 0 Å². The Kier molecular flexibility index (Phi) is 11.4. The van der Waals surface area contributed by atoms with E-state index in [0.717, 1.165) is 25.5 Å². The second-order valence-corrected chi connectivity index (χ2v) is 7.69. The Labute approximate surface area is 187 Å². The van der Waals surface area contributed by atoms with Crippen molar-refractivity contribution in [3.63, 3.8) is 0 Å². The first kappa shape index (κ1) is 24.7. The van der Waals surface area contributed by atoms with Crippen molar-refractivity contribution in [2.45, 2.75) is 45.1 Å². The maximum atomic E-state index is 12.0. The molecule has 1 amide bonds. The molecule has 1 aromatic carbocycles. The molecule has 1 aliphatic heterocycles. The molecule has 6 nitrogen and oxygen atoms in total. The van der Waals surface area contributed by atoms with Crippen molar-refractivity contribution in [1.29, 1.82) is 0 Å². The number of amides is 1. The van der Waals surface area contributed by atoms with E-state index < -0.39 is 0 Å². The largest absolute Gasteiger partial charge is 0.356 e. The van der Waals surface area contributed by atoms with Crippen LogP contribution >= 0.6 is 24.0 Å². The average Bonchev–Trinajstić information content (AvgIpc) is 2.71. The van der Waals surface area contributed by atoms with Gasteiger partial charge in [-0.1, -0.05) is 24.6 Å². The number of nitrogens with zero attached hydrogens (tertiary/aromatic N) is 2. The lowest BCUT2D eigenvalue weighted by Gasteiger charge is -2.41. The molecule has 1 aliphatic rings. The first-order valence-electron chi connectivity index (χ1n) is 10.1. The van der Waals surface area contributed by atoms with Gasteiger partial charge in [0.2, 0.25) is 0 Å². The number of piperidine rings is 1. The molecule has 1 aromatic rings. The molecule has 0 aromatic heterocycles. The van der Waals surface area contributed by atoms with Crippen molar-refractivity contribution in [2.75, 3.05) is 39.8 Å². The predicted octanol–water partition coefficient (Wildman–Crippen LogP) is 2.85. The van der Waals surface area contributed by atoms with Gasteiger partial charge in [0.1, 0.15) is 0 Å². The number of aliphatic imine (C=N–C) groups is 1. The van der Waals surface area contributed by atoms with Gasteiger partial charge in [-0.25, -0.2) is 0 Å². The summed E-state index contributed by atoms with van der Waals surface area (Å²) in [6, 6.07) is 9.30. The number of hydrogen-bond acceptors (Lipinski definition) is 3. The summed E-state index contributed by atoms with van der Waals surface area (Å²) >= 11 is 0. The Morgan fingerprint density at radius 2 is 1.68 bits per heavy atom. The molecule has 0 spiro atoms. The Morgan fingerprint density at radius 3 is 2.32 bits per heavy atom. The first-order chi connectivity index (χ1) is 13.0. The first-order valence-corrected chi connectivity index (χ1v) is 10.1. The quantitative estimate of drug-likeness (QED) is 0.222. The highest BCUT2D eigenvalue weighted by atomic mass is 127. The van der Waals surface area contributed by atoms with E-state index in [1.54, 1.807) is 7.05 Å². The van der Waals surface area contributed by atoms with Gasteiger partial charge in [0.15, 0.2) is 5.96 Å². The zero-order chi connectivity index (χ0) is 19.5. The summed E-state index contributed by atoms with van der Waals surface area (Å²) in [6.45, 7) is 9.20. The highest BCUT2D eigenvalue weighted by Gasteiger charge is 2.27. The van der Waals surface area contributed by atoms with Gasteiger partial charge in [0, 0.05) is 37.8 Å². The maximum Gasteiger partial charge on any atom is 0.251 e. The second-order valence-electron chi connectivity index (χ2n) is 7.69. The van der Waals surface area contributed by atoms with E-state index in [4.69, 9.17) is 0 Å². The molecule has 0 atom stereocenters. The van der Waals surface area contributed by atoms with Crippen LogP contribution in [0.15, 0.2) is 35.3 Å².